The molecule has 1 unspecified atom stereocenters. The van der Waals surface area contributed by atoms with Crippen LogP contribution in [0.5, 0.6) is 0 Å². The fourth-order valence-corrected chi connectivity index (χ4v) is 1.53. The normalized spacial score (nSPS) is 12.2. The summed E-state index contributed by atoms with van der Waals surface area (Å²) in [5.74, 6) is -0.255. The molecule has 1 atom stereocenters. The van der Waals surface area contributed by atoms with Crippen LogP contribution in [0.3, 0.4) is 0 Å². The lowest BCUT2D eigenvalue weighted by Crippen LogP contribution is -2.42. The van der Waals surface area contributed by atoms with Crippen LogP contribution in [-0.4, -0.2) is 42.4 Å². The molecule has 0 aliphatic heterocycles. The summed E-state index contributed by atoms with van der Waals surface area (Å²) in [4.78, 5) is 24.3. The molecule has 5 nitrogen and oxygen atoms in total. The van der Waals surface area contributed by atoms with Crippen LogP contribution in [0.4, 0.5) is 0 Å². The maximum atomic E-state index is 11.6. The summed E-state index contributed by atoms with van der Waals surface area (Å²) in [6, 6.07) is -0.329. The van der Waals surface area contributed by atoms with Crippen molar-refractivity contribution in [3.63, 3.8) is 0 Å². The molecule has 0 aromatic heterocycles. The first-order valence-corrected chi connectivity index (χ1v) is 5.87. The summed E-state index contributed by atoms with van der Waals surface area (Å²) in [6.07, 6.45) is 1.06. The van der Waals surface area contributed by atoms with Gasteiger partial charge in [0, 0.05) is 26.1 Å². The number of nitrogens with two attached hydrogens (primary N) is 1. The van der Waals surface area contributed by atoms with Gasteiger partial charge in [-0.25, -0.2) is 0 Å². The summed E-state index contributed by atoms with van der Waals surface area (Å²) in [7, 11) is 0. The highest BCUT2D eigenvalue weighted by atomic mass is 16.2. The number of primary amides is 1. The van der Waals surface area contributed by atoms with Crippen molar-refractivity contribution in [2.75, 3.05) is 19.6 Å². The molecule has 5 heteroatoms. The Hall–Kier alpha value is -1.10. The monoisotopic (exact) mass is 229 g/mol. The van der Waals surface area contributed by atoms with E-state index in [9.17, 15) is 9.59 Å². The molecule has 2 amide bonds. The van der Waals surface area contributed by atoms with Crippen molar-refractivity contribution in [3.05, 3.63) is 0 Å². The third-order valence-electron chi connectivity index (χ3n) is 2.60. The SMILES string of the molecule is CCC(NCCC(=O)N(CC)CC)C(N)=O. The molecular weight excluding hydrogens is 206 g/mol. The summed E-state index contributed by atoms with van der Waals surface area (Å²) in [5.41, 5.74) is 5.18. The zero-order chi connectivity index (χ0) is 12.6. The Morgan fingerprint density at radius 3 is 2.19 bits per heavy atom. The average molecular weight is 229 g/mol. The zero-order valence-electron chi connectivity index (χ0n) is 10.5. The maximum absolute atomic E-state index is 11.6. The van der Waals surface area contributed by atoms with Gasteiger partial charge in [-0.05, 0) is 20.3 Å². The van der Waals surface area contributed by atoms with E-state index in [1.165, 1.54) is 0 Å². The second-order valence-electron chi connectivity index (χ2n) is 3.63. The lowest BCUT2D eigenvalue weighted by Gasteiger charge is -2.19. The van der Waals surface area contributed by atoms with E-state index in [1.54, 1.807) is 4.90 Å². The van der Waals surface area contributed by atoms with E-state index in [4.69, 9.17) is 5.73 Å². The van der Waals surface area contributed by atoms with Crippen LogP contribution in [0.15, 0.2) is 0 Å². The van der Waals surface area contributed by atoms with Crippen LogP contribution < -0.4 is 11.1 Å². The molecule has 0 radical (unpaired) electrons. The molecule has 3 N–H and O–H groups in total. The molecule has 0 heterocycles. The van der Waals surface area contributed by atoms with Gasteiger partial charge < -0.3 is 16.0 Å². The number of carbonyl (C=O) groups excluding carboxylic acids is 2. The number of nitrogens with one attached hydrogen (secondary N) is 1. The highest BCUT2D eigenvalue weighted by Crippen LogP contribution is 1.94. The average Bonchev–Trinajstić information content (AvgIpc) is 2.25. The molecule has 0 aliphatic rings. The van der Waals surface area contributed by atoms with Crippen LogP contribution in [0.1, 0.15) is 33.6 Å². The van der Waals surface area contributed by atoms with Crippen molar-refractivity contribution in [3.8, 4) is 0 Å². The van der Waals surface area contributed by atoms with Crippen molar-refractivity contribution in [1.29, 1.82) is 0 Å². The molecule has 0 aliphatic carbocycles. The minimum atomic E-state index is -0.363. The maximum Gasteiger partial charge on any atom is 0.234 e. The minimum Gasteiger partial charge on any atom is -0.368 e. The molecule has 0 bridgehead atoms. The van der Waals surface area contributed by atoms with Crippen molar-refractivity contribution < 1.29 is 9.59 Å². The molecular formula is C11H23N3O2. The molecule has 0 aromatic rings. The minimum absolute atomic E-state index is 0.108. The lowest BCUT2D eigenvalue weighted by molar-refractivity contribution is -0.131. The Morgan fingerprint density at radius 1 is 1.25 bits per heavy atom. The van der Waals surface area contributed by atoms with Gasteiger partial charge in [0.2, 0.25) is 11.8 Å². The van der Waals surface area contributed by atoms with Gasteiger partial charge >= 0.3 is 0 Å². The Bertz CT molecular complexity index is 227. The van der Waals surface area contributed by atoms with E-state index >= 15 is 0 Å². The van der Waals surface area contributed by atoms with Gasteiger partial charge in [-0.3, -0.25) is 9.59 Å². The summed E-state index contributed by atoms with van der Waals surface area (Å²) in [6.45, 7) is 7.73. The Kier molecular flexibility index (Phi) is 7.54. The third-order valence-corrected chi connectivity index (χ3v) is 2.60. The second-order valence-corrected chi connectivity index (χ2v) is 3.63. The molecule has 0 saturated heterocycles. The predicted molar refractivity (Wildman–Crippen MR) is 63.8 cm³/mol. The highest BCUT2D eigenvalue weighted by molar-refractivity contribution is 5.80. The van der Waals surface area contributed by atoms with Crippen molar-refractivity contribution in [1.82, 2.24) is 10.2 Å². The number of hydrogen-bond donors (Lipinski definition) is 2. The number of rotatable bonds is 8. The van der Waals surface area contributed by atoms with E-state index in [0.29, 0.717) is 19.4 Å². The quantitative estimate of drug-likeness (QED) is 0.620. The molecule has 0 saturated carbocycles. The van der Waals surface area contributed by atoms with E-state index < -0.39 is 0 Å². The second kappa shape index (κ2) is 8.10. The van der Waals surface area contributed by atoms with E-state index in [0.717, 1.165) is 13.1 Å². The van der Waals surface area contributed by atoms with Gasteiger partial charge in [-0.15, -0.1) is 0 Å². The molecule has 94 valence electrons. The van der Waals surface area contributed by atoms with Crippen LogP contribution in [0, 0.1) is 0 Å². The topological polar surface area (TPSA) is 75.4 Å². The summed E-state index contributed by atoms with van der Waals surface area (Å²) >= 11 is 0. The predicted octanol–water partition coefficient (Wildman–Crippen LogP) is 0.0984. The highest BCUT2D eigenvalue weighted by Gasteiger charge is 2.13. The zero-order valence-corrected chi connectivity index (χ0v) is 10.5. The van der Waals surface area contributed by atoms with E-state index in [-0.39, 0.29) is 17.9 Å². The number of hydrogen-bond acceptors (Lipinski definition) is 3. The van der Waals surface area contributed by atoms with Crippen molar-refractivity contribution >= 4 is 11.8 Å². The van der Waals surface area contributed by atoms with Gasteiger partial charge in [0.15, 0.2) is 0 Å². The van der Waals surface area contributed by atoms with Gasteiger partial charge in [0.25, 0.3) is 0 Å². The number of nitrogens with zero attached hydrogens (tertiary/aromatic N) is 1. The number of amides is 2. The Balaban J connectivity index is 3.88. The van der Waals surface area contributed by atoms with E-state index in [2.05, 4.69) is 5.32 Å². The van der Waals surface area contributed by atoms with Crippen LogP contribution in [0.2, 0.25) is 0 Å². The fourth-order valence-electron chi connectivity index (χ4n) is 1.53. The first-order chi connectivity index (χ1) is 7.56. The molecule has 0 spiro atoms. The first kappa shape index (κ1) is 14.9. The molecule has 0 rings (SSSR count). The van der Waals surface area contributed by atoms with Gasteiger partial charge in [-0.1, -0.05) is 6.92 Å². The summed E-state index contributed by atoms with van der Waals surface area (Å²) < 4.78 is 0. The van der Waals surface area contributed by atoms with Gasteiger partial charge in [0.1, 0.15) is 0 Å². The molecule has 0 fully saturated rings. The standard InChI is InChI=1S/C11H23N3O2/c1-4-9(11(12)16)13-8-7-10(15)14(5-2)6-3/h9,13H,4-8H2,1-3H3,(H2,12,16). The van der Waals surface area contributed by atoms with Crippen LogP contribution in [0.25, 0.3) is 0 Å². The molecule has 16 heavy (non-hydrogen) atoms. The van der Waals surface area contributed by atoms with Crippen molar-refractivity contribution in [2.45, 2.75) is 39.7 Å². The van der Waals surface area contributed by atoms with Crippen LogP contribution in [-0.2, 0) is 9.59 Å². The first-order valence-electron chi connectivity index (χ1n) is 5.87. The fraction of sp³-hybridized carbons (Fsp3) is 0.818. The van der Waals surface area contributed by atoms with Crippen molar-refractivity contribution in [2.24, 2.45) is 5.73 Å². The van der Waals surface area contributed by atoms with E-state index in [1.807, 2.05) is 20.8 Å². The number of carbonyl (C=O) groups is 2. The van der Waals surface area contributed by atoms with Gasteiger partial charge in [-0.2, -0.15) is 0 Å². The lowest BCUT2D eigenvalue weighted by atomic mass is 10.2. The largest absolute Gasteiger partial charge is 0.368 e. The molecule has 0 aromatic carbocycles. The summed E-state index contributed by atoms with van der Waals surface area (Å²) in [5, 5.41) is 2.98. The third kappa shape index (κ3) is 5.11. The Morgan fingerprint density at radius 2 is 1.81 bits per heavy atom. The van der Waals surface area contributed by atoms with Crippen LogP contribution >= 0.6 is 0 Å². The van der Waals surface area contributed by atoms with Gasteiger partial charge in [0.05, 0.1) is 6.04 Å². The smallest absolute Gasteiger partial charge is 0.234 e. The Labute approximate surface area is 97.4 Å².